The summed E-state index contributed by atoms with van der Waals surface area (Å²) in [4.78, 5) is 12.7. The standard InChI is InChI=1S/C20H19F3N4O4/c1-29-11-5-6-12(16(8-11)30-2)25-19(28)14-10-18-24-13(15-4-3-7-31-15)9-17(20(21,22)23)27(18)26-14/h3-8,10,13,17,24H,9H2,1-2H3,(H,25,28)/t13-,17-/m1/s1. The first-order valence-corrected chi connectivity index (χ1v) is 9.29. The lowest BCUT2D eigenvalue weighted by atomic mass is 10.0. The zero-order valence-electron chi connectivity index (χ0n) is 16.6. The number of halogens is 3. The number of furan rings is 1. The smallest absolute Gasteiger partial charge is 0.410 e. The van der Waals surface area contributed by atoms with Gasteiger partial charge in [-0.05, 0) is 24.3 Å². The molecule has 1 amide bonds. The van der Waals surface area contributed by atoms with Crippen molar-refractivity contribution < 1.29 is 31.9 Å². The molecule has 11 heteroatoms. The molecule has 0 fully saturated rings. The van der Waals surface area contributed by atoms with Gasteiger partial charge in [-0.15, -0.1) is 0 Å². The highest BCUT2D eigenvalue weighted by Gasteiger charge is 2.47. The number of nitrogens with zero attached hydrogens (tertiary/aromatic N) is 2. The number of anilines is 2. The van der Waals surface area contributed by atoms with E-state index >= 15 is 0 Å². The molecule has 2 N–H and O–H groups in total. The van der Waals surface area contributed by atoms with Crippen molar-refractivity contribution in [3.63, 3.8) is 0 Å². The maximum Gasteiger partial charge on any atom is 0.410 e. The largest absolute Gasteiger partial charge is 0.497 e. The number of alkyl halides is 3. The third-order valence-corrected chi connectivity index (χ3v) is 4.97. The number of fused-ring (bicyclic) bond motifs is 1. The molecule has 0 radical (unpaired) electrons. The molecule has 0 bridgehead atoms. The number of carbonyl (C=O) groups excluding carboxylic acids is 1. The fourth-order valence-electron chi connectivity index (χ4n) is 3.45. The zero-order valence-corrected chi connectivity index (χ0v) is 16.6. The molecular formula is C20H19F3N4O4. The van der Waals surface area contributed by atoms with Gasteiger partial charge in [0.25, 0.3) is 5.91 Å². The maximum absolute atomic E-state index is 13.7. The predicted molar refractivity (Wildman–Crippen MR) is 105 cm³/mol. The van der Waals surface area contributed by atoms with Crippen LogP contribution in [0.4, 0.5) is 24.7 Å². The van der Waals surface area contributed by atoms with Crippen LogP contribution in [0.5, 0.6) is 11.5 Å². The van der Waals surface area contributed by atoms with Crippen molar-refractivity contribution in [1.29, 1.82) is 0 Å². The molecule has 1 aliphatic heterocycles. The normalized spacial score (nSPS) is 18.1. The molecule has 3 aromatic rings. The number of benzene rings is 1. The molecule has 2 atom stereocenters. The Kier molecular flexibility index (Phi) is 5.25. The summed E-state index contributed by atoms with van der Waals surface area (Å²) in [6, 6.07) is 6.62. The van der Waals surface area contributed by atoms with Gasteiger partial charge in [0.05, 0.1) is 32.2 Å². The molecule has 4 rings (SSSR count). The van der Waals surface area contributed by atoms with Gasteiger partial charge in [0.15, 0.2) is 11.7 Å². The van der Waals surface area contributed by atoms with Crippen LogP contribution in [0.25, 0.3) is 0 Å². The molecule has 31 heavy (non-hydrogen) atoms. The van der Waals surface area contributed by atoms with Crippen LogP contribution in [0.15, 0.2) is 47.1 Å². The van der Waals surface area contributed by atoms with Crippen molar-refractivity contribution in [2.24, 2.45) is 0 Å². The topological polar surface area (TPSA) is 90.5 Å². The average molecular weight is 436 g/mol. The Hall–Kier alpha value is -3.63. The molecule has 2 aromatic heterocycles. The van der Waals surface area contributed by atoms with Gasteiger partial charge in [-0.3, -0.25) is 4.79 Å². The van der Waals surface area contributed by atoms with Gasteiger partial charge in [0.1, 0.15) is 23.1 Å². The molecule has 0 saturated carbocycles. The first kappa shape index (κ1) is 20.6. The molecule has 0 unspecified atom stereocenters. The van der Waals surface area contributed by atoms with Crippen molar-refractivity contribution in [3.8, 4) is 11.5 Å². The van der Waals surface area contributed by atoms with Gasteiger partial charge >= 0.3 is 6.18 Å². The van der Waals surface area contributed by atoms with Crippen LogP contribution in [0.3, 0.4) is 0 Å². The Morgan fingerprint density at radius 3 is 2.71 bits per heavy atom. The van der Waals surface area contributed by atoms with Crippen LogP contribution in [-0.4, -0.2) is 36.1 Å². The lowest BCUT2D eigenvalue weighted by Gasteiger charge is -2.32. The molecular weight excluding hydrogens is 417 g/mol. The second-order valence-corrected chi connectivity index (χ2v) is 6.89. The molecule has 1 aliphatic rings. The van der Waals surface area contributed by atoms with E-state index in [0.29, 0.717) is 22.9 Å². The number of carbonyl (C=O) groups is 1. The molecule has 3 heterocycles. The molecule has 1 aromatic carbocycles. The second-order valence-electron chi connectivity index (χ2n) is 6.89. The van der Waals surface area contributed by atoms with Crippen LogP contribution in [0, 0.1) is 0 Å². The van der Waals surface area contributed by atoms with Crippen LogP contribution in [-0.2, 0) is 0 Å². The summed E-state index contributed by atoms with van der Waals surface area (Å²) in [5.41, 5.74) is 0.155. The van der Waals surface area contributed by atoms with Gasteiger partial charge < -0.3 is 24.5 Å². The highest BCUT2D eigenvalue weighted by molar-refractivity contribution is 6.04. The predicted octanol–water partition coefficient (Wildman–Crippen LogP) is 4.41. The number of methoxy groups -OCH3 is 2. The van der Waals surface area contributed by atoms with E-state index in [0.717, 1.165) is 4.68 Å². The van der Waals surface area contributed by atoms with Crippen molar-refractivity contribution >= 4 is 17.4 Å². The number of aromatic nitrogens is 2. The van der Waals surface area contributed by atoms with E-state index in [4.69, 9.17) is 13.9 Å². The number of rotatable bonds is 5. The quantitative estimate of drug-likeness (QED) is 0.616. The lowest BCUT2D eigenvalue weighted by molar-refractivity contribution is -0.174. The summed E-state index contributed by atoms with van der Waals surface area (Å²) in [5.74, 6) is 0.620. The minimum atomic E-state index is -4.55. The molecule has 8 nitrogen and oxygen atoms in total. The van der Waals surface area contributed by atoms with Crippen molar-refractivity contribution in [3.05, 3.63) is 54.1 Å². The van der Waals surface area contributed by atoms with E-state index < -0.39 is 24.2 Å². The number of hydrogen-bond acceptors (Lipinski definition) is 6. The molecule has 164 valence electrons. The molecule has 0 saturated heterocycles. The van der Waals surface area contributed by atoms with Gasteiger partial charge in [-0.25, -0.2) is 4.68 Å². The zero-order chi connectivity index (χ0) is 22.2. The number of amides is 1. The van der Waals surface area contributed by atoms with Gasteiger partial charge in [-0.2, -0.15) is 18.3 Å². The molecule has 0 aliphatic carbocycles. The average Bonchev–Trinajstić information content (AvgIpc) is 3.42. The van der Waals surface area contributed by atoms with Crippen LogP contribution in [0.2, 0.25) is 0 Å². The molecule has 0 spiro atoms. The minimum absolute atomic E-state index is 0.0711. The van der Waals surface area contributed by atoms with E-state index in [1.165, 1.54) is 26.5 Å². The van der Waals surface area contributed by atoms with Gasteiger partial charge in [-0.1, -0.05) is 0 Å². The Morgan fingerprint density at radius 2 is 2.06 bits per heavy atom. The summed E-state index contributed by atoms with van der Waals surface area (Å²) in [7, 11) is 2.91. The lowest BCUT2D eigenvalue weighted by Crippen LogP contribution is -2.35. The van der Waals surface area contributed by atoms with Gasteiger partial charge in [0.2, 0.25) is 0 Å². The Bertz CT molecular complexity index is 1080. The van der Waals surface area contributed by atoms with E-state index in [2.05, 4.69) is 15.7 Å². The summed E-state index contributed by atoms with van der Waals surface area (Å²) in [6.45, 7) is 0. The highest BCUT2D eigenvalue weighted by Crippen LogP contribution is 2.43. The summed E-state index contributed by atoms with van der Waals surface area (Å²) in [5, 5.41) is 9.50. The van der Waals surface area contributed by atoms with Crippen molar-refractivity contribution in [1.82, 2.24) is 9.78 Å². The van der Waals surface area contributed by atoms with Crippen LogP contribution >= 0.6 is 0 Å². The SMILES string of the molecule is COc1ccc(NC(=O)c2cc3n(n2)[C@@H](C(F)(F)F)C[C@H](c2ccco2)N3)c(OC)c1. The third kappa shape index (κ3) is 4.03. The number of hydrogen-bond donors (Lipinski definition) is 2. The fraction of sp³-hybridized carbons (Fsp3) is 0.300. The number of ether oxygens (including phenoxy) is 2. The fourth-order valence-corrected chi connectivity index (χ4v) is 3.45. The maximum atomic E-state index is 13.7. The van der Waals surface area contributed by atoms with Gasteiger partial charge in [0, 0.05) is 18.6 Å². The minimum Gasteiger partial charge on any atom is -0.497 e. The Balaban J connectivity index is 1.63. The summed E-state index contributed by atoms with van der Waals surface area (Å²) < 4.78 is 57.5. The van der Waals surface area contributed by atoms with E-state index in [-0.39, 0.29) is 17.9 Å². The first-order valence-electron chi connectivity index (χ1n) is 9.29. The Morgan fingerprint density at radius 1 is 1.26 bits per heavy atom. The van der Waals surface area contributed by atoms with Crippen LogP contribution in [0.1, 0.15) is 34.8 Å². The summed E-state index contributed by atoms with van der Waals surface area (Å²) >= 11 is 0. The Labute approximate surface area is 174 Å². The van der Waals surface area contributed by atoms with Crippen molar-refractivity contribution in [2.75, 3.05) is 24.9 Å². The monoisotopic (exact) mass is 436 g/mol. The van der Waals surface area contributed by atoms with E-state index in [1.807, 2.05) is 0 Å². The first-order chi connectivity index (χ1) is 14.8. The van der Waals surface area contributed by atoms with E-state index in [1.54, 1.807) is 30.3 Å². The van der Waals surface area contributed by atoms with Crippen LogP contribution < -0.4 is 20.1 Å². The highest BCUT2D eigenvalue weighted by atomic mass is 19.4. The summed E-state index contributed by atoms with van der Waals surface area (Å²) in [6.07, 6.45) is -3.48. The number of nitrogens with one attached hydrogen (secondary N) is 2. The third-order valence-electron chi connectivity index (χ3n) is 4.97. The second kappa shape index (κ2) is 7.89. The van der Waals surface area contributed by atoms with E-state index in [9.17, 15) is 18.0 Å². The van der Waals surface area contributed by atoms with Crippen molar-refractivity contribution in [2.45, 2.75) is 24.7 Å².